The van der Waals surface area contributed by atoms with E-state index < -0.39 is 0 Å². The van der Waals surface area contributed by atoms with Crippen LogP contribution in [0.5, 0.6) is 0 Å². The van der Waals surface area contributed by atoms with Crippen molar-refractivity contribution in [3.8, 4) is 0 Å². The molecule has 0 atom stereocenters. The van der Waals surface area contributed by atoms with Gasteiger partial charge in [-0.2, -0.15) is 0 Å². The SMILES string of the molecule is CCCC(CCC)N(CC)CCOC(=O)N(CC)CC. The van der Waals surface area contributed by atoms with Gasteiger partial charge in [-0.25, -0.2) is 4.79 Å². The van der Waals surface area contributed by atoms with Gasteiger partial charge in [0.15, 0.2) is 0 Å². The van der Waals surface area contributed by atoms with Gasteiger partial charge < -0.3 is 9.64 Å². The Morgan fingerprint density at radius 2 is 1.50 bits per heavy atom. The van der Waals surface area contributed by atoms with E-state index in [1.165, 1.54) is 25.7 Å². The maximum atomic E-state index is 11.8. The van der Waals surface area contributed by atoms with Crippen molar-refractivity contribution in [2.75, 3.05) is 32.8 Å². The Bertz CT molecular complexity index is 237. The predicted molar refractivity (Wildman–Crippen MR) is 85.1 cm³/mol. The smallest absolute Gasteiger partial charge is 0.409 e. The number of amides is 1. The molecule has 4 nitrogen and oxygen atoms in total. The molecule has 1 amide bonds. The Kier molecular flexibility index (Phi) is 11.5. The van der Waals surface area contributed by atoms with Crippen LogP contribution in [0.1, 0.15) is 60.3 Å². The van der Waals surface area contributed by atoms with Crippen molar-refractivity contribution >= 4 is 6.09 Å². The molecule has 0 spiro atoms. The highest BCUT2D eigenvalue weighted by Gasteiger charge is 2.16. The average molecular weight is 286 g/mol. The first-order valence-corrected chi connectivity index (χ1v) is 8.30. The second-order valence-corrected chi connectivity index (χ2v) is 5.15. The summed E-state index contributed by atoms with van der Waals surface area (Å²) in [6.45, 7) is 14.4. The highest BCUT2D eigenvalue weighted by Crippen LogP contribution is 2.13. The molecule has 0 unspecified atom stereocenters. The van der Waals surface area contributed by atoms with E-state index in [-0.39, 0.29) is 6.09 Å². The summed E-state index contributed by atoms with van der Waals surface area (Å²) in [5, 5.41) is 0. The molecular weight excluding hydrogens is 252 g/mol. The summed E-state index contributed by atoms with van der Waals surface area (Å²) in [5.41, 5.74) is 0. The van der Waals surface area contributed by atoms with Crippen LogP contribution in [0.15, 0.2) is 0 Å². The molecule has 0 radical (unpaired) electrons. The van der Waals surface area contributed by atoms with E-state index in [2.05, 4.69) is 25.7 Å². The number of carbonyl (C=O) groups is 1. The molecule has 0 bridgehead atoms. The van der Waals surface area contributed by atoms with Gasteiger partial charge >= 0.3 is 6.09 Å². The fourth-order valence-electron chi connectivity index (χ4n) is 2.60. The topological polar surface area (TPSA) is 32.8 Å². The molecule has 0 aromatic heterocycles. The Balaban J connectivity index is 4.19. The van der Waals surface area contributed by atoms with Crippen molar-refractivity contribution < 1.29 is 9.53 Å². The molecule has 20 heavy (non-hydrogen) atoms. The lowest BCUT2D eigenvalue weighted by atomic mass is 10.1. The Morgan fingerprint density at radius 3 is 1.90 bits per heavy atom. The normalized spacial score (nSPS) is 11.2. The minimum atomic E-state index is -0.186. The minimum absolute atomic E-state index is 0.186. The number of ether oxygens (including phenoxy) is 1. The van der Waals surface area contributed by atoms with E-state index in [9.17, 15) is 4.79 Å². The molecular formula is C16H34N2O2. The summed E-state index contributed by atoms with van der Waals surface area (Å²) in [6, 6.07) is 0.627. The van der Waals surface area contributed by atoms with Crippen molar-refractivity contribution in [3.05, 3.63) is 0 Å². The number of nitrogens with zero attached hydrogens (tertiary/aromatic N) is 2. The zero-order chi connectivity index (χ0) is 15.4. The molecule has 0 aromatic carbocycles. The lowest BCUT2D eigenvalue weighted by molar-refractivity contribution is 0.0828. The number of likely N-dealkylation sites (N-methyl/N-ethyl adjacent to an activating group) is 1. The lowest BCUT2D eigenvalue weighted by Crippen LogP contribution is -2.39. The van der Waals surface area contributed by atoms with Gasteiger partial charge in [-0.1, -0.05) is 33.6 Å². The Hall–Kier alpha value is -0.770. The van der Waals surface area contributed by atoms with Gasteiger partial charge in [0.05, 0.1) is 0 Å². The van der Waals surface area contributed by atoms with E-state index in [4.69, 9.17) is 4.74 Å². The molecule has 0 fully saturated rings. The maximum Gasteiger partial charge on any atom is 0.409 e. The van der Waals surface area contributed by atoms with Gasteiger partial charge in [0.25, 0.3) is 0 Å². The van der Waals surface area contributed by atoms with Crippen molar-refractivity contribution in [1.82, 2.24) is 9.80 Å². The summed E-state index contributed by atoms with van der Waals surface area (Å²) in [4.78, 5) is 15.9. The molecule has 0 saturated heterocycles. The van der Waals surface area contributed by atoms with Crippen LogP contribution in [0.25, 0.3) is 0 Å². The molecule has 0 aliphatic rings. The second kappa shape index (κ2) is 12.0. The molecule has 0 heterocycles. The van der Waals surface area contributed by atoms with Crippen molar-refractivity contribution in [2.24, 2.45) is 0 Å². The lowest BCUT2D eigenvalue weighted by Gasteiger charge is -2.30. The van der Waals surface area contributed by atoms with E-state index in [0.29, 0.717) is 25.7 Å². The third kappa shape index (κ3) is 7.13. The first kappa shape index (κ1) is 19.2. The molecule has 4 heteroatoms. The van der Waals surface area contributed by atoms with Crippen LogP contribution >= 0.6 is 0 Å². The standard InChI is InChI=1S/C16H34N2O2/c1-6-11-15(12-7-2)18(10-5)13-14-20-16(19)17(8-3)9-4/h15H,6-14H2,1-5H3. The quantitative estimate of drug-likeness (QED) is 0.580. The first-order chi connectivity index (χ1) is 9.64. The van der Waals surface area contributed by atoms with Gasteiger partial charge in [0, 0.05) is 25.7 Å². The average Bonchev–Trinajstić information content (AvgIpc) is 2.45. The van der Waals surface area contributed by atoms with Gasteiger partial charge in [-0.3, -0.25) is 4.90 Å². The van der Waals surface area contributed by atoms with E-state index in [1.807, 2.05) is 13.8 Å². The van der Waals surface area contributed by atoms with E-state index in [1.54, 1.807) is 4.90 Å². The van der Waals surface area contributed by atoms with Gasteiger partial charge in [0.1, 0.15) is 6.61 Å². The van der Waals surface area contributed by atoms with Crippen LogP contribution < -0.4 is 0 Å². The zero-order valence-electron chi connectivity index (χ0n) is 14.2. The molecule has 0 saturated carbocycles. The summed E-state index contributed by atoms with van der Waals surface area (Å²) in [5.74, 6) is 0. The summed E-state index contributed by atoms with van der Waals surface area (Å²) in [7, 11) is 0. The maximum absolute atomic E-state index is 11.8. The van der Waals surface area contributed by atoms with Gasteiger partial charge in [-0.15, -0.1) is 0 Å². The monoisotopic (exact) mass is 286 g/mol. The van der Waals surface area contributed by atoms with Gasteiger partial charge in [0.2, 0.25) is 0 Å². The van der Waals surface area contributed by atoms with Crippen LogP contribution in [0.2, 0.25) is 0 Å². The van der Waals surface area contributed by atoms with E-state index in [0.717, 1.165) is 13.1 Å². The highest BCUT2D eigenvalue weighted by atomic mass is 16.6. The first-order valence-electron chi connectivity index (χ1n) is 8.30. The van der Waals surface area contributed by atoms with Crippen molar-refractivity contribution in [3.63, 3.8) is 0 Å². The Morgan fingerprint density at radius 1 is 0.950 bits per heavy atom. The fraction of sp³-hybridized carbons (Fsp3) is 0.938. The van der Waals surface area contributed by atoms with Crippen LogP contribution in [0.4, 0.5) is 4.79 Å². The zero-order valence-corrected chi connectivity index (χ0v) is 14.2. The Labute approximate surface area is 125 Å². The predicted octanol–water partition coefficient (Wildman–Crippen LogP) is 3.76. The van der Waals surface area contributed by atoms with Crippen LogP contribution in [-0.2, 0) is 4.74 Å². The molecule has 0 aromatic rings. The second-order valence-electron chi connectivity index (χ2n) is 5.15. The summed E-state index contributed by atoms with van der Waals surface area (Å²) < 4.78 is 5.37. The van der Waals surface area contributed by atoms with Crippen LogP contribution in [-0.4, -0.2) is 54.7 Å². The van der Waals surface area contributed by atoms with Crippen LogP contribution in [0, 0.1) is 0 Å². The third-order valence-corrected chi connectivity index (χ3v) is 3.79. The third-order valence-electron chi connectivity index (χ3n) is 3.79. The molecule has 0 N–H and O–H groups in total. The molecule has 0 rings (SSSR count). The number of hydrogen-bond acceptors (Lipinski definition) is 3. The largest absolute Gasteiger partial charge is 0.448 e. The summed E-state index contributed by atoms with van der Waals surface area (Å²) in [6.07, 6.45) is 4.69. The highest BCUT2D eigenvalue weighted by molar-refractivity contribution is 5.67. The number of hydrogen-bond donors (Lipinski definition) is 0. The van der Waals surface area contributed by atoms with Gasteiger partial charge in [-0.05, 0) is 33.2 Å². The summed E-state index contributed by atoms with van der Waals surface area (Å²) >= 11 is 0. The fourth-order valence-corrected chi connectivity index (χ4v) is 2.60. The van der Waals surface area contributed by atoms with Crippen LogP contribution in [0.3, 0.4) is 0 Å². The van der Waals surface area contributed by atoms with E-state index >= 15 is 0 Å². The number of carbonyl (C=O) groups excluding carboxylic acids is 1. The molecule has 0 aliphatic heterocycles. The minimum Gasteiger partial charge on any atom is -0.448 e. The molecule has 120 valence electrons. The van der Waals surface area contributed by atoms with Crippen molar-refractivity contribution in [2.45, 2.75) is 66.3 Å². The molecule has 0 aliphatic carbocycles. The number of rotatable bonds is 11. The van der Waals surface area contributed by atoms with Crippen molar-refractivity contribution in [1.29, 1.82) is 0 Å².